The van der Waals surface area contributed by atoms with Crippen molar-refractivity contribution in [3.63, 3.8) is 0 Å². The van der Waals surface area contributed by atoms with Crippen LogP contribution in [0.2, 0.25) is 0 Å². The molecule has 1 saturated heterocycles. The SMILES string of the molecule is CC1=CC(C)C2C(=O)N(c3ccc[n+](C)c3)C(=O)C2C1.[I-]. The van der Waals surface area contributed by atoms with E-state index in [9.17, 15) is 9.59 Å². The molecule has 1 fully saturated rings. The first kappa shape index (κ1) is 16.1. The molecule has 3 unspecified atom stereocenters. The van der Waals surface area contributed by atoms with Crippen LogP contribution in [0.25, 0.3) is 0 Å². The summed E-state index contributed by atoms with van der Waals surface area (Å²) in [5.41, 5.74) is 1.88. The van der Waals surface area contributed by atoms with Gasteiger partial charge in [0.1, 0.15) is 12.7 Å². The number of carbonyl (C=O) groups is 2. The second kappa shape index (κ2) is 5.87. The first-order chi connectivity index (χ1) is 9.49. The van der Waals surface area contributed by atoms with Gasteiger partial charge in [-0.3, -0.25) is 9.59 Å². The van der Waals surface area contributed by atoms with Crippen molar-refractivity contribution in [2.24, 2.45) is 24.8 Å². The number of pyridine rings is 1. The van der Waals surface area contributed by atoms with E-state index in [2.05, 4.69) is 6.08 Å². The maximum Gasteiger partial charge on any atom is 0.238 e. The van der Waals surface area contributed by atoms with Crippen LogP contribution in [0.1, 0.15) is 20.3 Å². The second-order valence-electron chi connectivity index (χ2n) is 5.95. The highest BCUT2D eigenvalue weighted by atomic mass is 127. The number of nitrogens with zero attached hydrogens (tertiary/aromatic N) is 2. The van der Waals surface area contributed by atoms with Crippen LogP contribution in [0.3, 0.4) is 0 Å². The largest absolute Gasteiger partial charge is 1.00 e. The lowest BCUT2D eigenvalue weighted by Gasteiger charge is -2.25. The van der Waals surface area contributed by atoms with Crippen LogP contribution in [0.4, 0.5) is 5.69 Å². The lowest BCUT2D eigenvalue weighted by molar-refractivity contribution is -0.670. The first-order valence-electron chi connectivity index (χ1n) is 6.99. The smallest absolute Gasteiger partial charge is 0.238 e. The van der Waals surface area contributed by atoms with Crippen molar-refractivity contribution in [2.75, 3.05) is 4.90 Å². The maximum absolute atomic E-state index is 12.6. The number of hydrogen-bond acceptors (Lipinski definition) is 2. The summed E-state index contributed by atoms with van der Waals surface area (Å²) < 4.78 is 1.85. The van der Waals surface area contributed by atoms with Gasteiger partial charge in [0.2, 0.25) is 11.8 Å². The molecule has 0 saturated carbocycles. The molecule has 3 rings (SSSR count). The highest BCUT2D eigenvalue weighted by Crippen LogP contribution is 2.42. The summed E-state index contributed by atoms with van der Waals surface area (Å²) in [5.74, 6) is -0.356. The summed E-state index contributed by atoms with van der Waals surface area (Å²) in [6, 6.07) is 3.67. The van der Waals surface area contributed by atoms with E-state index in [1.54, 1.807) is 0 Å². The molecule has 112 valence electrons. The van der Waals surface area contributed by atoms with Crippen LogP contribution < -0.4 is 33.4 Å². The summed E-state index contributed by atoms with van der Waals surface area (Å²) in [7, 11) is 1.88. The molecule has 0 aromatic carbocycles. The molecule has 0 radical (unpaired) electrons. The van der Waals surface area contributed by atoms with Crippen LogP contribution in [0.15, 0.2) is 36.2 Å². The van der Waals surface area contributed by atoms with Gasteiger partial charge < -0.3 is 24.0 Å². The first-order valence-corrected chi connectivity index (χ1v) is 6.99. The number of halogens is 1. The quantitative estimate of drug-likeness (QED) is 0.253. The van der Waals surface area contributed by atoms with Crippen LogP contribution in [0.5, 0.6) is 0 Å². The predicted molar refractivity (Wildman–Crippen MR) is 74.6 cm³/mol. The predicted octanol–water partition coefficient (Wildman–Crippen LogP) is -1.39. The van der Waals surface area contributed by atoms with E-state index in [4.69, 9.17) is 0 Å². The van der Waals surface area contributed by atoms with Crippen LogP contribution >= 0.6 is 0 Å². The van der Waals surface area contributed by atoms with E-state index in [-0.39, 0.29) is 53.5 Å². The Kier molecular flexibility index (Phi) is 4.51. The Bertz CT molecular complexity index is 626. The standard InChI is InChI=1S/C16H19N2O2.HI/c1-10-7-11(2)14-13(8-10)15(19)18(16(14)20)12-5-4-6-17(3)9-12;/h4-7,9,11,13-14H,8H2,1-3H3;1H/q+1;/p-1. The van der Waals surface area contributed by atoms with Gasteiger partial charge in [-0.25, -0.2) is 9.47 Å². The fourth-order valence-electron chi connectivity index (χ4n) is 3.48. The summed E-state index contributed by atoms with van der Waals surface area (Å²) in [5, 5.41) is 0. The Balaban J connectivity index is 0.00000161. The number of allylic oxidation sites excluding steroid dienone is 2. The summed E-state index contributed by atoms with van der Waals surface area (Å²) in [6.45, 7) is 4.07. The molecule has 5 heteroatoms. The van der Waals surface area contributed by atoms with Crippen molar-refractivity contribution < 1.29 is 38.1 Å². The van der Waals surface area contributed by atoms with Gasteiger partial charge in [0, 0.05) is 6.07 Å². The molecule has 3 atom stereocenters. The fourth-order valence-corrected chi connectivity index (χ4v) is 3.48. The third-order valence-electron chi connectivity index (χ3n) is 4.31. The number of rotatable bonds is 1. The van der Waals surface area contributed by atoms with Crippen molar-refractivity contribution in [1.82, 2.24) is 0 Å². The van der Waals surface area contributed by atoms with E-state index in [1.807, 2.05) is 50.0 Å². The lowest BCUT2D eigenvalue weighted by atomic mass is 9.76. The average molecular weight is 398 g/mol. The molecule has 21 heavy (non-hydrogen) atoms. The molecule has 4 nitrogen and oxygen atoms in total. The number of anilines is 1. The van der Waals surface area contributed by atoms with E-state index in [0.29, 0.717) is 12.1 Å². The number of fused-ring (bicyclic) bond motifs is 1. The number of amides is 2. The number of hydrogen-bond donors (Lipinski definition) is 0. The molecule has 0 N–H and O–H groups in total. The molecule has 0 bridgehead atoms. The van der Waals surface area contributed by atoms with E-state index < -0.39 is 0 Å². The van der Waals surface area contributed by atoms with Gasteiger partial charge in [-0.15, -0.1) is 0 Å². The fraction of sp³-hybridized carbons (Fsp3) is 0.438. The molecule has 2 amide bonds. The number of carbonyl (C=O) groups excluding carboxylic acids is 2. The molecular weight excluding hydrogens is 379 g/mol. The minimum Gasteiger partial charge on any atom is -1.00 e. The van der Waals surface area contributed by atoms with Gasteiger partial charge in [-0.1, -0.05) is 18.6 Å². The summed E-state index contributed by atoms with van der Waals surface area (Å²) in [4.78, 5) is 26.6. The minimum absolute atomic E-state index is 0. The number of imide groups is 1. The molecule has 1 aliphatic carbocycles. The molecule has 1 aliphatic heterocycles. The molecule has 2 heterocycles. The summed E-state index contributed by atoms with van der Waals surface area (Å²) >= 11 is 0. The monoisotopic (exact) mass is 398 g/mol. The lowest BCUT2D eigenvalue weighted by Crippen LogP contribution is -3.00. The van der Waals surface area contributed by atoms with Gasteiger partial charge in [-0.05, 0) is 25.3 Å². The van der Waals surface area contributed by atoms with Gasteiger partial charge in [0.15, 0.2) is 12.4 Å². The third-order valence-corrected chi connectivity index (χ3v) is 4.31. The van der Waals surface area contributed by atoms with Crippen LogP contribution in [-0.4, -0.2) is 11.8 Å². The van der Waals surface area contributed by atoms with Crippen molar-refractivity contribution in [3.05, 3.63) is 36.2 Å². The number of aryl methyl sites for hydroxylation is 1. The highest BCUT2D eigenvalue weighted by molar-refractivity contribution is 6.22. The van der Waals surface area contributed by atoms with Crippen molar-refractivity contribution >= 4 is 17.5 Å². The Morgan fingerprint density at radius 3 is 2.67 bits per heavy atom. The zero-order valence-corrected chi connectivity index (χ0v) is 14.6. The van der Waals surface area contributed by atoms with Crippen molar-refractivity contribution in [2.45, 2.75) is 20.3 Å². The van der Waals surface area contributed by atoms with Gasteiger partial charge in [0.25, 0.3) is 0 Å². The second-order valence-corrected chi connectivity index (χ2v) is 5.95. The molecular formula is C16H19IN2O2. The number of aromatic nitrogens is 1. The Hall–Kier alpha value is -1.24. The molecule has 1 aromatic rings. The Morgan fingerprint density at radius 1 is 1.29 bits per heavy atom. The van der Waals surface area contributed by atoms with Crippen molar-refractivity contribution in [1.29, 1.82) is 0 Å². The van der Waals surface area contributed by atoms with Gasteiger partial charge >= 0.3 is 0 Å². The van der Waals surface area contributed by atoms with Gasteiger partial charge in [0.05, 0.1) is 11.8 Å². The van der Waals surface area contributed by atoms with E-state index in [1.165, 1.54) is 10.5 Å². The van der Waals surface area contributed by atoms with Crippen LogP contribution in [0, 0.1) is 17.8 Å². The maximum atomic E-state index is 12.6. The normalized spacial score (nSPS) is 28.0. The topological polar surface area (TPSA) is 41.3 Å². The van der Waals surface area contributed by atoms with Crippen molar-refractivity contribution in [3.8, 4) is 0 Å². The highest BCUT2D eigenvalue weighted by Gasteiger charge is 2.51. The molecule has 0 spiro atoms. The summed E-state index contributed by atoms with van der Waals surface area (Å²) in [6.07, 6.45) is 6.53. The zero-order valence-electron chi connectivity index (χ0n) is 12.4. The molecule has 1 aromatic heterocycles. The Morgan fingerprint density at radius 2 is 2.00 bits per heavy atom. The average Bonchev–Trinajstić information content (AvgIpc) is 2.61. The third kappa shape index (κ3) is 2.63. The zero-order chi connectivity index (χ0) is 14.4. The molecule has 2 aliphatic rings. The van der Waals surface area contributed by atoms with E-state index >= 15 is 0 Å². The van der Waals surface area contributed by atoms with Gasteiger partial charge in [-0.2, -0.15) is 0 Å². The Labute approximate surface area is 141 Å². The van der Waals surface area contributed by atoms with Crippen LogP contribution in [-0.2, 0) is 16.6 Å². The minimum atomic E-state index is -0.197. The van der Waals surface area contributed by atoms with E-state index in [0.717, 1.165) is 0 Å².